The Hall–Kier alpha value is -0.900. The maximum absolute atomic E-state index is 13.7. The fraction of sp³-hybridized carbons (Fsp3) is 0.286. The molecule has 0 saturated carbocycles. The predicted molar refractivity (Wildman–Crippen MR) is 75.9 cm³/mol. The molecule has 0 aliphatic heterocycles. The van der Waals surface area contributed by atoms with Gasteiger partial charge in [0, 0.05) is 15.9 Å². The van der Waals surface area contributed by atoms with E-state index in [1.165, 1.54) is 10.9 Å². The van der Waals surface area contributed by atoms with Crippen LogP contribution < -0.4 is 5.32 Å². The second-order valence-electron chi connectivity index (χ2n) is 4.07. The third kappa shape index (κ3) is 3.31. The molecule has 96 valence electrons. The van der Waals surface area contributed by atoms with Crippen LogP contribution in [0, 0.1) is 5.82 Å². The lowest BCUT2D eigenvalue weighted by Gasteiger charge is -2.17. The molecule has 4 heteroatoms. The second-order valence-corrected chi connectivity index (χ2v) is 5.48. The van der Waals surface area contributed by atoms with Gasteiger partial charge in [0.15, 0.2) is 0 Å². The topological polar surface area (TPSA) is 12.0 Å². The van der Waals surface area contributed by atoms with Gasteiger partial charge in [-0.15, -0.1) is 11.3 Å². The third-order valence-electron chi connectivity index (χ3n) is 2.77. The summed E-state index contributed by atoms with van der Waals surface area (Å²) in [5.41, 5.74) is 0.654. The van der Waals surface area contributed by atoms with Crippen molar-refractivity contribution in [2.75, 3.05) is 6.54 Å². The van der Waals surface area contributed by atoms with Crippen LogP contribution in [0.25, 0.3) is 0 Å². The van der Waals surface area contributed by atoms with Crippen LogP contribution in [0.4, 0.5) is 4.39 Å². The third-order valence-corrected chi connectivity index (χ3v) is 3.99. The van der Waals surface area contributed by atoms with Crippen LogP contribution in [0.2, 0.25) is 5.02 Å². The minimum Gasteiger partial charge on any atom is -0.309 e. The largest absolute Gasteiger partial charge is 0.309 e. The average molecular weight is 284 g/mol. The maximum Gasteiger partial charge on any atom is 0.126 e. The fourth-order valence-corrected chi connectivity index (χ4v) is 2.93. The molecule has 1 atom stereocenters. The summed E-state index contributed by atoms with van der Waals surface area (Å²) in [5, 5.41) is 5.99. The summed E-state index contributed by atoms with van der Waals surface area (Å²) in [4.78, 5) is 1.22. The van der Waals surface area contributed by atoms with E-state index in [0.29, 0.717) is 17.0 Å². The van der Waals surface area contributed by atoms with Crippen molar-refractivity contribution in [2.24, 2.45) is 0 Å². The number of thiophene rings is 1. The van der Waals surface area contributed by atoms with Gasteiger partial charge in [-0.1, -0.05) is 24.6 Å². The molecule has 0 fully saturated rings. The zero-order chi connectivity index (χ0) is 13.0. The Morgan fingerprint density at radius 3 is 2.89 bits per heavy atom. The molecule has 1 heterocycles. The smallest absolute Gasteiger partial charge is 0.126 e. The number of nitrogens with one attached hydrogen (secondary N) is 1. The first-order valence-corrected chi connectivity index (χ1v) is 7.17. The van der Waals surface area contributed by atoms with E-state index >= 15 is 0 Å². The van der Waals surface area contributed by atoms with Gasteiger partial charge in [-0.25, -0.2) is 4.39 Å². The average Bonchev–Trinajstić information content (AvgIpc) is 2.87. The van der Waals surface area contributed by atoms with Crippen LogP contribution in [0.15, 0.2) is 35.7 Å². The Bertz CT molecular complexity index is 499. The first kappa shape index (κ1) is 13.5. The van der Waals surface area contributed by atoms with Gasteiger partial charge >= 0.3 is 0 Å². The van der Waals surface area contributed by atoms with E-state index in [2.05, 4.69) is 18.3 Å². The monoisotopic (exact) mass is 283 g/mol. The van der Waals surface area contributed by atoms with E-state index in [1.54, 1.807) is 23.5 Å². The summed E-state index contributed by atoms with van der Waals surface area (Å²) < 4.78 is 13.7. The summed E-state index contributed by atoms with van der Waals surface area (Å²) in [6.07, 6.45) is 0.612. The Kier molecular flexibility index (Phi) is 4.75. The number of rotatable bonds is 5. The van der Waals surface area contributed by atoms with Crippen molar-refractivity contribution in [1.29, 1.82) is 0 Å². The number of halogens is 2. The van der Waals surface area contributed by atoms with Crippen molar-refractivity contribution < 1.29 is 4.39 Å². The molecule has 0 spiro atoms. The molecule has 2 rings (SSSR count). The highest BCUT2D eigenvalue weighted by molar-refractivity contribution is 7.10. The van der Waals surface area contributed by atoms with Crippen molar-refractivity contribution in [3.8, 4) is 0 Å². The summed E-state index contributed by atoms with van der Waals surface area (Å²) in [7, 11) is 0. The minimum absolute atomic E-state index is 0.142. The molecule has 1 aromatic carbocycles. The zero-order valence-electron chi connectivity index (χ0n) is 10.1. The molecule has 0 bridgehead atoms. The van der Waals surface area contributed by atoms with Gasteiger partial charge in [0.1, 0.15) is 5.82 Å². The quantitative estimate of drug-likeness (QED) is 0.856. The molecule has 2 aromatic rings. The lowest BCUT2D eigenvalue weighted by molar-refractivity contribution is 0.534. The van der Waals surface area contributed by atoms with Crippen LogP contribution in [-0.2, 0) is 6.42 Å². The predicted octanol–water partition coefficient (Wildman–Crippen LogP) is 4.43. The van der Waals surface area contributed by atoms with E-state index in [-0.39, 0.29) is 11.9 Å². The molecule has 0 saturated heterocycles. The molecule has 0 radical (unpaired) electrons. The summed E-state index contributed by atoms with van der Waals surface area (Å²) >= 11 is 7.60. The van der Waals surface area contributed by atoms with Gasteiger partial charge in [0.05, 0.1) is 0 Å². The second kappa shape index (κ2) is 6.32. The normalized spacial score (nSPS) is 12.6. The van der Waals surface area contributed by atoms with Crippen LogP contribution in [0.5, 0.6) is 0 Å². The molecular formula is C14H15ClFNS. The lowest BCUT2D eigenvalue weighted by atomic mass is 10.0. The molecule has 0 aliphatic carbocycles. The van der Waals surface area contributed by atoms with E-state index in [9.17, 15) is 4.39 Å². The Labute approximate surface area is 116 Å². The SMILES string of the molecule is CCNC(Cc1cc(Cl)ccc1F)c1cccs1. The van der Waals surface area contributed by atoms with Crippen molar-refractivity contribution in [3.05, 3.63) is 57.0 Å². The Morgan fingerprint density at radius 1 is 1.39 bits per heavy atom. The van der Waals surface area contributed by atoms with E-state index in [0.717, 1.165) is 6.54 Å². The molecule has 1 nitrogen and oxygen atoms in total. The minimum atomic E-state index is -0.196. The number of hydrogen-bond donors (Lipinski definition) is 1. The summed E-state index contributed by atoms with van der Waals surface area (Å²) in [5.74, 6) is -0.196. The van der Waals surface area contributed by atoms with E-state index in [1.807, 2.05) is 11.4 Å². The highest BCUT2D eigenvalue weighted by Crippen LogP contribution is 2.25. The molecule has 1 aromatic heterocycles. The van der Waals surface area contributed by atoms with E-state index < -0.39 is 0 Å². The highest BCUT2D eigenvalue weighted by atomic mass is 35.5. The first-order chi connectivity index (χ1) is 8.70. The standard InChI is InChI=1S/C14H15ClFNS/c1-2-17-13(14-4-3-7-18-14)9-10-8-11(15)5-6-12(10)16/h3-8,13,17H,2,9H2,1H3. The number of benzene rings is 1. The van der Waals surface area contributed by atoms with Crippen molar-refractivity contribution in [3.63, 3.8) is 0 Å². The van der Waals surface area contributed by atoms with Gasteiger partial charge < -0.3 is 5.32 Å². The molecule has 1 unspecified atom stereocenters. The van der Waals surface area contributed by atoms with Gasteiger partial charge in [-0.3, -0.25) is 0 Å². The Morgan fingerprint density at radius 2 is 2.22 bits per heavy atom. The van der Waals surface area contributed by atoms with Crippen molar-refractivity contribution in [2.45, 2.75) is 19.4 Å². The highest BCUT2D eigenvalue weighted by Gasteiger charge is 2.14. The molecule has 0 amide bonds. The summed E-state index contributed by atoms with van der Waals surface area (Å²) in [6.45, 7) is 2.90. The van der Waals surface area contributed by atoms with E-state index in [4.69, 9.17) is 11.6 Å². The van der Waals surface area contributed by atoms with Crippen LogP contribution in [0.1, 0.15) is 23.4 Å². The summed E-state index contributed by atoms with van der Waals surface area (Å²) in [6, 6.07) is 8.93. The lowest BCUT2D eigenvalue weighted by Crippen LogP contribution is -2.22. The van der Waals surface area contributed by atoms with Crippen molar-refractivity contribution in [1.82, 2.24) is 5.32 Å². The van der Waals surface area contributed by atoms with Crippen LogP contribution in [0.3, 0.4) is 0 Å². The number of hydrogen-bond acceptors (Lipinski definition) is 2. The maximum atomic E-state index is 13.7. The molecule has 1 N–H and O–H groups in total. The first-order valence-electron chi connectivity index (χ1n) is 5.91. The molecular weight excluding hydrogens is 269 g/mol. The fourth-order valence-electron chi connectivity index (χ4n) is 1.93. The van der Waals surface area contributed by atoms with Crippen LogP contribution in [-0.4, -0.2) is 6.54 Å². The Balaban J connectivity index is 2.21. The van der Waals surface area contributed by atoms with Gasteiger partial charge in [0.2, 0.25) is 0 Å². The van der Waals surface area contributed by atoms with Gasteiger partial charge in [0.25, 0.3) is 0 Å². The zero-order valence-corrected chi connectivity index (χ0v) is 11.7. The van der Waals surface area contributed by atoms with Gasteiger partial charge in [-0.2, -0.15) is 0 Å². The van der Waals surface area contributed by atoms with Crippen molar-refractivity contribution >= 4 is 22.9 Å². The van der Waals surface area contributed by atoms with Crippen LogP contribution >= 0.6 is 22.9 Å². The number of likely N-dealkylation sites (N-methyl/N-ethyl adjacent to an activating group) is 1. The van der Waals surface area contributed by atoms with Gasteiger partial charge in [-0.05, 0) is 48.2 Å². The molecule has 18 heavy (non-hydrogen) atoms. The molecule has 0 aliphatic rings.